The van der Waals surface area contributed by atoms with Crippen molar-refractivity contribution in [2.75, 3.05) is 24.6 Å². The van der Waals surface area contributed by atoms with Gasteiger partial charge in [0.15, 0.2) is 0 Å². The lowest BCUT2D eigenvalue weighted by atomic mass is 10.1. The Labute approximate surface area is 111 Å². The van der Waals surface area contributed by atoms with Crippen LogP contribution in [0, 0.1) is 0 Å². The number of rotatable bonds is 6. The molecule has 1 aromatic carbocycles. The number of halogens is 1. The fourth-order valence-electron chi connectivity index (χ4n) is 1.78. The Morgan fingerprint density at radius 1 is 1.35 bits per heavy atom. The van der Waals surface area contributed by atoms with Crippen LogP contribution in [-0.2, 0) is 0 Å². The maximum absolute atomic E-state index is 9.51. The third-order valence-corrected chi connectivity index (χ3v) is 3.29. The summed E-state index contributed by atoms with van der Waals surface area (Å²) >= 11 is 3.52. The molecule has 0 spiro atoms. The van der Waals surface area contributed by atoms with Crippen molar-refractivity contribution in [3.8, 4) is 0 Å². The lowest BCUT2D eigenvalue weighted by molar-refractivity contribution is 0.199. The molecule has 1 atom stereocenters. The summed E-state index contributed by atoms with van der Waals surface area (Å²) in [7, 11) is 0. The molecule has 0 heterocycles. The number of aliphatic hydroxyl groups excluding tert-OH is 2. The summed E-state index contributed by atoms with van der Waals surface area (Å²) in [5.74, 6) is 0. The van der Waals surface area contributed by atoms with E-state index in [-0.39, 0.29) is 6.61 Å². The zero-order valence-electron chi connectivity index (χ0n) is 10.4. The summed E-state index contributed by atoms with van der Waals surface area (Å²) in [6, 6.07) is 5.84. The first kappa shape index (κ1) is 14.5. The van der Waals surface area contributed by atoms with Crippen molar-refractivity contribution in [2.24, 2.45) is 0 Å². The molecule has 0 aromatic heterocycles. The number of benzene rings is 1. The molecule has 0 fully saturated rings. The van der Waals surface area contributed by atoms with Crippen LogP contribution in [0.2, 0.25) is 0 Å². The average Bonchev–Trinajstić information content (AvgIpc) is 2.28. The van der Waals surface area contributed by atoms with Gasteiger partial charge in [-0.1, -0.05) is 13.0 Å². The van der Waals surface area contributed by atoms with Gasteiger partial charge in [-0.3, -0.25) is 0 Å². The quantitative estimate of drug-likeness (QED) is 0.849. The van der Waals surface area contributed by atoms with Gasteiger partial charge in [-0.15, -0.1) is 0 Å². The normalized spacial score (nSPS) is 12.5. The van der Waals surface area contributed by atoms with Gasteiger partial charge >= 0.3 is 0 Å². The highest BCUT2D eigenvalue weighted by molar-refractivity contribution is 9.10. The molecule has 96 valence electrons. The molecule has 0 radical (unpaired) electrons. The Morgan fingerprint density at radius 3 is 2.53 bits per heavy atom. The number of aliphatic hydroxyl groups is 2. The second-order valence-corrected chi connectivity index (χ2v) is 4.95. The maximum atomic E-state index is 9.51. The highest BCUT2D eigenvalue weighted by Gasteiger charge is 2.10. The van der Waals surface area contributed by atoms with E-state index >= 15 is 0 Å². The summed E-state index contributed by atoms with van der Waals surface area (Å²) in [4.78, 5) is 2.13. The lowest BCUT2D eigenvalue weighted by Gasteiger charge is -2.25. The molecule has 0 saturated carbocycles. The first-order valence-corrected chi connectivity index (χ1v) is 6.72. The third-order valence-electron chi connectivity index (χ3n) is 2.66. The summed E-state index contributed by atoms with van der Waals surface area (Å²) in [6.45, 7) is 5.54. The smallest absolute Gasteiger partial charge is 0.0762 e. The summed E-state index contributed by atoms with van der Waals surface area (Å²) < 4.78 is 0.956. The molecule has 0 aliphatic heterocycles. The van der Waals surface area contributed by atoms with Crippen molar-refractivity contribution in [1.82, 2.24) is 0 Å². The van der Waals surface area contributed by atoms with E-state index < -0.39 is 6.10 Å². The summed E-state index contributed by atoms with van der Waals surface area (Å²) in [5, 5.41) is 18.6. The molecule has 0 saturated heterocycles. The van der Waals surface area contributed by atoms with Crippen molar-refractivity contribution in [1.29, 1.82) is 0 Å². The predicted octanol–water partition coefficient (Wildman–Crippen LogP) is 2.71. The molecule has 1 aromatic rings. The van der Waals surface area contributed by atoms with E-state index in [1.54, 1.807) is 6.92 Å². The molecule has 4 heteroatoms. The van der Waals surface area contributed by atoms with Crippen LogP contribution in [0.25, 0.3) is 0 Å². The standard InChI is InChI=1S/C13H20BrNO2/c1-3-6-15(7-8-16)13-5-4-11(10(2)17)9-12(13)14/h4-5,9-10,16-17H,3,6-8H2,1-2H3. The van der Waals surface area contributed by atoms with Gasteiger partial charge in [0, 0.05) is 17.6 Å². The average molecular weight is 302 g/mol. The first-order chi connectivity index (χ1) is 8.10. The minimum absolute atomic E-state index is 0.143. The Bertz CT molecular complexity index is 349. The molecule has 2 N–H and O–H groups in total. The summed E-state index contributed by atoms with van der Waals surface area (Å²) in [5.41, 5.74) is 1.95. The highest BCUT2D eigenvalue weighted by atomic mass is 79.9. The van der Waals surface area contributed by atoms with Crippen LogP contribution in [-0.4, -0.2) is 29.9 Å². The Hall–Kier alpha value is -0.580. The van der Waals surface area contributed by atoms with Crippen molar-refractivity contribution in [3.63, 3.8) is 0 Å². The monoisotopic (exact) mass is 301 g/mol. The molecule has 3 nitrogen and oxygen atoms in total. The van der Waals surface area contributed by atoms with Crippen LogP contribution in [0.15, 0.2) is 22.7 Å². The second-order valence-electron chi connectivity index (χ2n) is 4.10. The van der Waals surface area contributed by atoms with Gasteiger partial charge in [0.1, 0.15) is 0 Å². The molecule has 1 unspecified atom stereocenters. The Morgan fingerprint density at radius 2 is 2.06 bits per heavy atom. The lowest BCUT2D eigenvalue weighted by Crippen LogP contribution is -2.27. The van der Waals surface area contributed by atoms with E-state index in [1.165, 1.54) is 0 Å². The number of anilines is 1. The molecule has 0 aliphatic carbocycles. The first-order valence-electron chi connectivity index (χ1n) is 5.93. The van der Waals surface area contributed by atoms with Gasteiger partial charge in [0.05, 0.1) is 18.4 Å². The van der Waals surface area contributed by atoms with Crippen LogP contribution in [0.1, 0.15) is 31.9 Å². The van der Waals surface area contributed by atoms with Crippen LogP contribution < -0.4 is 4.90 Å². The second kappa shape index (κ2) is 6.99. The van der Waals surface area contributed by atoms with Crippen molar-refractivity contribution < 1.29 is 10.2 Å². The fraction of sp³-hybridized carbons (Fsp3) is 0.538. The van der Waals surface area contributed by atoms with E-state index in [2.05, 4.69) is 27.8 Å². The minimum Gasteiger partial charge on any atom is -0.395 e. The van der Waals surface area contributed by atoms with Crippen LogP contribution in [0.4, 0.5) is 5.69 Å². The van der Waals surface area contributed by atoms with Gasteiger partial charge in [-0.2, -0.15) is 0 Å². The molecule has 0 bridgehead atoms. The molecule has 17 heavy (non-hydrogen) atoms. The van der Waals surface area contributed by atoms with Crippen LogP contribution in [0.5, 0.6) is 0 Å². The predicted molar refractivity (Wildman–Crippen MR) is 74.4 cm³/mol. The molecular formula is C13H20BrNO2. The van der Waals surface area contributed by atoms with Crippen molar-refractivity contribution in [2.45, 2.75) is 26.4 Å². The molecular weight excluding hydrogens is 282 g/mol. The van der Waals surface area contributed by atoms with E-state index in [1.807, 2.05) is 18.2 Å². The fourth-order valence-corrected chi connectivity index (χ4v) is 2.43. The molecule has 0 aliphatic rings. The van der Waals surface area contributed by atoms with E-state index in [0.717, 1.165) is 28.7 Å². The summed E-state index contributed by atoms with van der Waals surface area (Å²) in [6.07, 6.45) is 0.572. The molecule has 0 amide bonds. The van der Waals surface area contributed by atoms with Crippen molar-refractivity contribution >= 4 is 21.6 Å². The SMILES string of the molecule is CCCN(CCO)c1ccc(C(C)O)cc1Br. The van der Waals surface area contributed by atoms with Crippen LogP contribution in [0.3, 0.4) is 0 Å². The minimum atomic E-state index is -0.460. The topological polar surface area (TPSA) is 43.7 Å². The van der Waals surface area contributed by atoms with Gasteiger partial charge in [-0.25, -0.2) is 0 Å². The zero-order valence-corrected chi connectivity index (χ0v) is 11.9. The zero-order chi connectivity index (χ0) is 12.8. The van der Waals surface area contributed by atoms with Gasteiger partial charge in [-0.05, 0) is 47.0 Å². The number of nitrogens with zero attached hydrogens (tertiary/aromatic N) is 1. The van der Waals surface area contributed by atoms with E-state index in [9.17, 15) is 5.11 Å². The number of hydrogen-bond donors (Lipinski definition) is 2. The van der Waals surface area contributed by atoms with Crippen LogP contribution >= 0.6 is 15.9 Å². The van der Waals surface area contributed by atoms with Gasteiger partial charge < -0.3 is 15.1 Å². The highest BCUT2D eigenvalue weighted by Crippen LogP contribution is 2.29. The third kappa shape index (κ3) is 3.98. The number of hydrogen-bond acceptors (Lipinski definition) is 3. The maximum Gasteiger partial charge on any atom is 0.0762 e. The van der Waals surface area contributed by atoms with Crippen molar-refractivity contribution in [3.05, 3.63) is 28.2 Å². The largest absolute Gasteiger partial charge is 0.395 e. The van der Waals surface area contributed by atoms with E-state index in [0.29, 0.717) is 6.54 Å². The molecule has 1 rings (SSSR count). The van der Waals surface area contributed by atoms with Gasteiger partial charge in [0.25, 0.3) is 0 Å². The Balaban J connectivity index is 2.95. The van der Waals surface area contributed by atoms with Gasteiger partial charge in [0.2, 0.25) is 0 Å². The Kier molecular flexibility index (Phi) is 5.95. The van der Waals surface area contributed by atoms with E-state index in [4.69, 9.17) is 5.11 Å².